The Hall–Kier alpha value is -0.590. The molecule has 4 N–H and O–H groups in total. The van der Waals surface area contributed by atoms with E-state index in [1.165, 1.54) is 25.7 Å². The number of carboxylic acid groups (broad SMARTS) is 1. The molecule has 0 saturated carbocycles. The Morgan fingerprint density at radius 2 is 1.55 bits per heavy atom. The van der Waals surface area contributed by atoms with Crippen molar-refractivity contribution in [3.8, 4) is 0 Å². The van der Waals surface area contributed by atoms with Crippen molar-refractivity contribution in [2.75, 3.05) is 0 Å². The molecule has 0 aliphatic rings. The van der Waals surface area contributed by atoms with E-state index < -0.39 is 17.9 Å². The molecule has 1 unspecified atom stereocenters. The maximum atomic E-state index is 11.6. The predicted molar refractivity (Wildman–Crippen MR) is 87.8 cm³/mol. The average molecular weight is 324 g/mol. The monoisotopic (exact) mass is 324 g/mol. The SMILES string of the molecule is CCCCCCCCCC(=O)NC(CCC(N)=O)C(=O)O.[NaH]. The summed E-state index contributed by atoms with van der Waals surface area (Å²) in [5.74, 6) is -1.98. The van der Waals surface area contributed by atoms with E-state index in [4.69, 9.17) is 10.8 Å². The molecule has 0 radical (unpaired) electrons. The fourth-order valence-corrected chi connectivity index (χ4v) is 2.05. The van der Waals surface area contributed by atoms with Crippen LogP contribution in [0.2, 0.25) is 0 Å². The van der Waals surface area contributed by atoms with Crippen LogP contribution in [0.3, 0.4) is 0 Å². The van der Waals surface area contributed by atoms with Crippen molar-refractivity contribution in [3.05, 3.63) is 0 Å². The number of nitrogens with one attached hydrogen (secondary N) is 1. The van der Waals surface area contributed by atoms with E-state index in [9.17, 15) is 14.4 Å². The Morgan fingerprint density at radius 1 is 1.00 bits per heavy atom. The second kappa shape index (κ2) is 15.3. The number of primary amides is 1. The molecule has 0 aromatic rings. The zero-order valence-electron chi connectivity index (χ0n) is 12.9. The number of unbranched alkanes of at least 4 members (excludes halogenated alkanes) is 6. The average Bonchev–Trinajstić information content (AvgIpc) is 2.41. The van der Waals surface area contributed by atoms with E-state index >= 15 is 0 Å². The summed E-state index contributed by atoms with van der Waals surface area (Å²) in [6, 6.07) is -1.03. The van der Waals surface area contributed by atoms with Gasteiger partial charge in [0, 0.05) is 12.8 Å². The molecule has 0 aliphatic carbocycles. The summed E-state index contributed by atoms with van der Waals surface area (Å²) in [5, 5.41) is 11.4. The van der Waals surface area contributed by atoms with E-state index in [0.29, 0.717) is 6.42 Å². The quantitative estimate of drug-likeness (QED) is 0.350. The summed E-state index contributed by atoms with van der Waals surface area (Å²) < 4.78 is 0. The van der Waals surface area contributed by atoms with Gasteiger partial charge in [-0.25, -0.2) is 4.79 Å². The van der Waals surface area contributed by atoms with Gasteiger partial charge in [0.2, 0.25) is 11.8 Å². The van der Waals surface area contributed by atoms with Crippen LogP contribution >= 0.6 is 0 Å². The number of hydrogen-bond acceptors (Lipinski definition) is 3. The second-order valence-electron chi connectivity index (χ2n) is 5.33. The van der Waals surface area contributed by atoms with Gasteiger partial charge in [-0.05, 0) is 12.8 Å². The molecular weight excluding hydrogens is 295 g/mol. The third-order valence-electron chi connectivity index (χ3n) is 3.32. The van der Waals surface area contributed by atoms with Crippen LogP contribution in [-0.4, -0.2) is 58.5 Å². The van der Waals surface area contributed by atoms with Crippen molar-refractivity contribution < 1.29 is 19.5 Å². The van der Waals surface area contributed by atoms with Gasteiger partial charge >= 0.3 is 35.5 Å². The number of carbonyl (C=O) groups excluding carboxylic acids is 2. The van der Waals surface area contributed by atoms with Crippen LogP contribution < -0.4 is 11.1 Å². The maximum absolute atomic E-state index is 11.6. The summed E-state index contributed by atoms with van der Waals surface area (Å²) >= 11 is 0. The van der Waals surface area contributed by atoms with Crippen LogP contribution in [0.15, 0.2) is 0 Å². The Labute approximate surface area is 154 Å². The summed E-state index contributed by atoms with van der Waals surface area (Å²) in [6.45, 7) is 2.17. The summed E-state index contributed by atoms with van der Waals surface area (Å²) in [6.07, 6.45) is 8.05. The molecule has 6 nitrogen and oxygen atoms in total. The molecule has 7 heteroatoms. The van der Waals surface area contributed by atoms with Gasteiger partial charge in [-0.3, -0.25) is 9.59 Å². The fraction of sp³-hybridized carbons (Fsp3) is 0.800. The fourth-order valence-electron chi connectivity index (χ4n) is 2.05. The van der Waals surface area contributed by atoms with Gasteiger partial charge in [-0.2, -0.15) is 0 Å². The molecule has 0 aromatic heterocycles. The van der Waals surface area contributed by atoms with Crippen LogP contribution in [0.25, 0.3) is 0 Å². The van der Waals surface area contributed by atoms with Gasteiger partial charge in [-0.1, -0.05) is 45.4 Å². The van der Waals surface area contributed by atoms with Crippen LogP contribution in [0, 0.1) is 0 Å². The van der Waals surface area contributed by atoms with E-state index in [-0.39, 0.29) is 48.3 Å². The van der Waals surface area contributed by atoms with Crippen molar-refractivity contribution >= 4 is 47.3 Å². The normalized spacial score (nSPS) is 11.3. The van der Waals surface area contributed by atoms with Gasteiger partial charge in [0.15, 0.2) is 0 Å². The Balaban J connectivity index is 0. The van der Waals surface area contributed by atoms with Gasteiger partial charge in [0.05, 0.1) is 0 Å². The molecule has 0 spiro atoms. The molecule has 0 fully saturated rings. The zero-order valence-corrected chi connectivity index (χ0v) is 12.9. The third-order valence-corrected chi connectivity index (χ3v) is 3.32. The number of amides is 2. The minimum absolute atomic E-state index is 0. The first-order valence-corrected chi connectivity index (χ1v) is 7.77. The molecule has 0 aliphatic heterocycles. The van der Waals surface area contributed by atoms with E-state index in [2.05, 4.69) is 12.2 Å². The number of carboxylic acids is 1. The van der Waals surface area contributed by atoms with Crippen LogP contribution in [0.4, 0.5) is 0 Å². The molecule has 2 amide bonds. The first-order valence-electron chi connectivity index (χ1n) is 7.77. The van der Waals surface area contributed by atoms with E-state index in [1.54, 1.807) is 0 Å². The van der Waals surface area contributed by atoms with Crippen LogP contribution in [0.5, 0.6) is 0 Å². The molecule has 0 bridgehead atoms. The number of nitrogens with two attached hydrogens (primary N) is 1. The molecular formula is C15H29N2NaO4. The molecule has 22 heavy (non-hydrogen) atoms. The molecule has 0 aromatic carbocycles. The van der Waals surface area contributed by atoms with Gasteiger partial charge in [0.25, 0.3) is 0 Å². The first-order chi connectivity index (χ1) is 9.97. The molecule has 1 atom stereocenters. The van der Waals surface area contributed by atoms with E-state index in [0.717, 1.165) is 19.3 Å². The summed E-state index contributed by atoms with van der Waals surface area (Å²) in [5.41, 5.74) is 4.98. The van der Waals surface area contributed by atoms with Crippen molar-refractivity contribution in [2.24, 2.45) is 5.73 Å². The van der Waals surface area contributed by atoms with Crippen LogP contribution in [-0.2, 0) is 14.4 Å². The second-order valence-corrected chi connectivity index (χ2v) is 5.33. The Kier molecular flexibility index (Phi) is 16.5. The molecule has 0 saturated heterocycles. The van der Waals surface area contributed by atoms with Crippen LogP contribution in [0.1, 0.15) is 71.1 Å². The van der Waals surface area contributed by atoms with Crippen molar-refractivity contribution in [1.82, 2.24) is 5.32 Å². The minimum atomic E-state index is -1.14. The number of aliphatic carboxylic acids is 1. The zero-order chi connectivity index (χ0) is 16.1. The molecule has 124 valence electrons. The standard InChI is InChI=1S/C15H28N2O4.Na.H/c1-2-3-4-5-6-7-8-9-14(19)17-12(15(20)21)10-11-13(16)18;;/h12H,2-11H2,1H3,(H2,16,18)(H,17,19)(H,20,21);;. The summed E-state index contributed by atoms with van der Waals surface area (Å²) in [7, 11) is 0. The topological polar surface area (TPSA) is 109 Å². The number of carbonyl (C=O) groups is 3. The van der Waals surface area contributed by atoms with E-state index in [1.807, 2.05) is 0 Å². The van der Waals surface area contributed by atoms with Gasteiger partial charge in [0.1, 0.15) is 6.04 Å². The molecule has 0 heterocycles. The molecule has 0 rings (SSSR count). The third kappa shape index (κ3) is 14.4. The van der Waals surface area contributed by atoms with Crippen molar-refractivity contribution in [2.45, 2.75) is 77.2 Å². The van der Waals surface area contributed by atoms with Crippen molar-refractivity contribution in [3.63, 3.8) is 0 Å². The van der Waals surface area contributed by atoms with Gasteiger partial charge in [-0.15, -0.1) is 0 Å². The number of rotatable bonds is 13. The van der Waals surface area contributed by atoms with Gasteiger partial charge < -0.3 is 16.2 Å². The van der Waals surface area contributed by atoms with Crippen molar-refractivity contribution in [1.29, 1.82) is 0 Å². The first kappa shape index (κ1) is 23.7. The Morgan fingerprint density at radius 3 is 2.05 bits per heavy atom. The predicted octanol–water partition coefficient (Wildman–Crippen LogP) is 1.31. The Bertz CT molecular complexity index is 338. The summed E-state index contributed by atoms with van der Waals surface area (Å²) in [4.78, 5) is 33.3. The number of hydrogen-bond donors (Lipinski definition) is 3.